The highest BCUT2D eigenvalue weighted by Crippen LogP contribution is 2.27. The molecule has 0 saturated carbocycles. The Kier molecular flexibility index (Phi) is 6.17. The number of carbonyl (C=O) groups excluding carboxylic acids is 1. The van der Waals surface area contributed by atoms with Crippen LogP contribution in [0.15, 0.2) is 55.1 Å². The Morgan fingerprint density at radius 1 is 1.22 bits per heavy atom. The first kappa shape index (κ1) is 17.6. The summed E-state index contributed by atoms with van der Waals surface area (Å²) in [5.41, 5.74) is 12.7. The summed E-state index contributed by atoms with van der Waals surface area (Å²) in [6.45, 7) is 3.11. The van der Waals surface area contributed by atoms with Gasteiger partial charge in [0.05, 0.1) is 10.6 Å². The van der Waals surface area contributed by atoms with E-state index in [0.29, 0.717) is 23.1 Å². The van der Waals surface area contributed by atoms with Crippen molar-refractivity contribution in [2.24, 2.45) is 0 Å². The summed E-state index contributed by atoms with van der Waals surface area (Å²) in [4.78, 5) is 19.3. The van der Waals surface area contributed by atoms with Gasteiger partial charge in [-0.2, -0.15) is 0 Å². The second kappa shape index (κ2) is 8.08. The molecule has 0 saturated heterocycles. The Morgan fingerprint density at radius 3 is 2.35 bits per heavy atom. The van der Waals surface area contributed by atoms with E-state index >= 15 is 0 Å². The quantitative estimate of drug-likeness (QED) is 0.199. The smallest absolute Gasteiger partial charge is 0.292 e. The SMILES string of the molecule is C=CC=O.N=C(c1cccc(N)c1)c1cccc([N+](=O)[O-])c1N. The molecule has 118 valence electrons. The molecule has 2 aromatic rings. The first-order valence-corrected chi connectivity index (χ1v) is 6.46. The lowest BCUT2D eigenvalue weighted by Crippen LogP contribution is -2.08. The molecule has 0 heterocycles. The van der Waals surface area contributed by atoms with Gasteiger partial charge >= 0.3 is 0 Å². The third kappa shape index (κ3) is 4.50. The molecule has 0 aliphatic carbocycles. The lowest BCUT2D eigenvalue weighted by atomic mass is 10.00. The van der Waals surface area contributed by atoms with Gasteiger partial charge in [-0.15, -0.1) is 0 Å². The summed E-state index contributed by atoms with van der Waals surface area (Å²) >= 11 is 0. The molecule has 0 unspecified atom stereocenters. The van der Waals surface area contributed by atoms with Crippen molar-refractivity contribution in [3.05, 3.63) is 76.4 Å². The minimum Gasteiger partial charge on any atom is -0.399 e. The summed E-state index contributed by atoms with van der Waals surface area (Å²) in [7, 11) is 0. The first-order valence-electron chi connectivity index (χ1n) is 6.46. The number of hydrogen-bond donors (Lipinski definition) is 3. The number of nitrogen functional groups attached to an aromatic ring is 2. The zero-order chi connectivity index (χ0) is 17.4. The Hall–Kier alpha value is -3.48. The second-order valence-corrected chi connectivity index (χ2v) is 4.37. The van der Waals surface area contributed by atoms with Crippen LogP contribution in [0.2, 0.25) is 0 Å². The van der Waals surface area contributed by atoms with Crippen LogP contribution in [0, 0.1) is 15.5 Å². The second-order valence-electron chi connectivity index (χ2n) is 4.37. The largest absolute Gasteiger partial charge is 0.399 e. The molecule has 0 fully saturated rings. The molecule has 0 aliphatic heterocycles. The molecule has 0 amide bonds. The third-order valence-corrected chi connectivity index (χ3v) is 2.82. The molecule has 0 atom stereocenters. The van der Waals surface area contributed by atoms with Gasteiger partial charge in [0, 0.05) is 22.9 Å². The molecule has 7 nitrogen and oxygen atoms in total. The Labute approximate surface area is 132 Å². The summed E-state index contributed by atoms with van der Waals surface area (Å²) in [6, 6.07) is 11.1. The zero-order valence-corrected chi connectivity index (χ0v) is 12.2. The zero-order valence-electron chi connectivity index (χ0n) is 12.2. The van der Waals surface area contributed by atoms with E-state index in [0.717, 1.165) is 0 Å². The van der Waals surface area contributed by atoms with Crippen LogP contribution in [0.3, 0.4) is 0 Å². The third-order valence-electron chi connectivity index (χ3n) is 2.82. The maximum absolute atomic E-state index is 10.8. The number of aldehydes is 1. The fraction of sp³-hybridized carbons (Fsp3) is 0. The van der Waals surface area contributed by atoms with Gasteiger partial charge in [-0.3, -0.25) is 20.3 Å². The molecule has 0 spiro atoms. The molecule has 0 aromatic heterocycles. The van der Waals surface area contributed by atoms with Gasteiger partial charge in [0.1, 0.15) is 12.0 Å². The lowest BCUT2D eigenvalue weighted by Gasteiger charge is -2.08. The number of para-hydroxylation sites is 1. The summed E-state index contributed by atoms with van der Waals surface area (Å²) < 4.78 is 0. The number of nitrogens with one attached hydrogen (secondary N) is 1. The molecule has 0 radical (unpaired) electrons. The van der Waals surface area contributed by atoms with Crippen LogP contribution in [0.5, 0.6) is 0 Å². The van der Waals surface area contributed by atoms with E-state index in [-0.39, 0.29) is 17.1 Å². The number of carbonyl (C=O) groups is 1. The van der Waals surface area contributed by atoms with Gasteiger partial charge in [0.25, 0.3) is 5.69 Å². The van der Waals surface area contributed by atoms with E-state index in [4.69, 9.17) is 21.7 Å². The van der Waals surface area contributed by atoms with Crippen molar-refractivity contribution < 1.29 is 9.72 Å². The van der Waals surface area contributed by atoms with E-state index < -0.39 is 4.92 Å². The molecule has 7 heteroatoms. The highest BCUT2D eigenvalue weighted by atomic mass is 16.6. The van der Waals surface area contributed by atoms with Crippen LogP contribution >= 0.6 is 0 Å². The van der Waals surface area contributed by atoms with Crippen LogP contribution in [-0.4, -0.2) is 16.9 Å². The monoisotopic (exact) mass is 312 g/mol. The number of allylic oxidation sites excluding steroid dienone is 1. The Bertz CT molecular complexity index is 751. The number of nitrogens with zero attached hydrogens (tertiary/aromatic N) is 1. The molecule has 0 bridgehead atoms. The highest BCUT2D eigenvalue weighted by molar-refractivity contribution is 6.15. The van der Waals surface area contributed by atoms with E-state index in [9.17, 15) is 10.1 Å². The Morgan fingerprint density at radius 2 is 1.83 bits per heavy atom. The molecule has 5 N–H and O–H groups in total. The first-order chi connectivity index (χ1) is 10.9. The van der Waals surface area contributed by atoms with Crippen molar-refractivity contribution in [1.82, 2.24) is 0 Å². The van der Waals surface area contributed by atoms with Crippen molar-refractivity contribution in [2.45, 2.75) is 0 Å². The standard InChI is InChI=1S/C13H12N4O2.C3H4O/c14-9-4-1-3-8(7-9)12(15)10-5-2-6-11(13(10)16)17(18)19;1-2-3-4/h1-7,15H,14,16H2;2-3H,1H2. The van der Waals surface area contributed by atoms with E-state index in [2.05, 4.69) is 6.58 Å². The maximum Gasteiger partial charge on any atom is 0.292 e. The van der Waals surface area contributed by atoms with Crippen LogP contribution in [0.1, 0.15) is 11.1 Å². The number of hydrogen-bond acceptors (Lipinski definition) is 6. The molecular weight excluding hydrogens is 296 g/mol. The van der Waals surface area contributed by atoms with Crippen LogP contribution in [0.25, 0.3) is 0 Å². The van der Waals surface area contributed by atoms with E-state index in [1.165, 1.54) is 18.2 Å². The lowest BCUT2D eigenvalue weighted by molar-refractivity contribution is -0.383. The number of nitrogens with two attached hydrogens (primary N) is 2. The van der Waals surface area contributed by atoms with Crippen molar-refractivity contribution in [3.63, 3.8) is 0 Å². The van der Waals surface area contributed by atoms with Gasteiger partial charge < -0.3 is 11.5 Å². The maximum atomic E-state index is 10.8. The fourth-order valence-electron chi connectivity index (χ4n) is 1.78. The van der Waals surface area contributed by atoms with Crippen molar-refractivity contribution >= 4 is 29.1 Å². The average molecular weight is 312 g/mol. The van der Waals surface area contributed by atoms with E-state index in [1.807, 2.05) is 0 Å². The topological polar surface area (TPSA) is 136 Å². The van der Waals surface area contributed by atoms with Gasteiger partial charge in [-0.1, -0.05) is 30.8 Å². The number of rotatable bonds is 4. The van der Waals surface area contributed by atoms with Gasteiger partial charge in [0.15, 0.2) is 0 Å². The highest BCUT2D eigenvalue weighted by Gasteiger charge is 2.17. The van der Waals surface area contributed by atoms with Crippen LogP contribution in [0.4, 0.5) is 17.1 Å². The minimum atomic E-state index is -0.564. The van der Waals surface area contributed by atoms with Crippen LogP contribution in [-0.2, 0) is 4.79 Å². The van der Waals surface area contributed by atoms with Crippen molar-refractivity contribution in [3.8, 4) is 0 Å². The molecule has 23 heavy (non-hydrogen) atoms. The number of nitro groups is 1. The summed E-state index contributed by atoms with van der Waals surface area (Å²) in [5.74, 6) is 0. The number of nitro benzene ring substituents is 1. The molecular formula is C16H16N4O3. The summed E-state index contributed by atoms with van der Waals surface area (Å²) in [6.07, 6.45) is 1.83. The number of anilines is 2. The van der Waals surface area contributed by atoms with Crippen LogP contribution < -0.4 is 11.5 Å². The average Bonchev–Trinajstić information content (AvgIpc) is 2.54. The van der Waals surface area contributed by atoms with Gasteiger partial charge in [-0.25, -0.2) is 0 Å². The molecule has 2 rings (SSSR count). The summed E-state index contributed by atoms with van der Waals surface area (Å²) in [5, 5.41) is 18.9. The van der Waals surface area contributed by atoms with Gasteiger partial charge in [0.2, 0.25) is 0 Å². The molecule has 2 aromatic carbocycles. The predicted molar refractivity (Wildman–Crippen MR) is 90.6 cm³/mol. The number of benzene rings is 2. The normalized spacial score (nSPS) is 9.22. The molecule has 0 aliphatic rings. The minimum absolute atomic E-state index is 0.0140. The van der Waals surface area contributed by atoms with Crippen molar-refractivity contribution in [2.75, 3.05) is 11.5 Å². The Balaban J connectivity index is 0.000000593. The van der Waals surface area contributed by atoms with Gasteiger partial charge in [-0.05, 0) is 18.2 Å². The van der Waals surface area contributed by atoms with Crippen molar-refractivity contribution in [1.29, 1.82) is 5.41 Å². The van der Waals surface area contributed by atoms with E-state index in [1.54, 1.807) is 30.3 Å². The predicted octanol–water partition coefficient (Wildman–Crippen LogP) is 2.55. The fourth-order valence-corrected chi connectivity index (χ4v) is 1.78.